The second kappa shape index (κ2) is 9.65. The van der Waals surface area contributed by atoms with Crippen molar-refractivity contribution in [1.82, 2.24) is 9.97 Å². The van der Waals surface area contributed by atoms with E-state index in [9.17, 15) is 4.79 Å². The summed E-state index contributed by atoms with van der Waals surface area (Å²) in [5.41, 5.74) is 4.32. The fourth-order valence-corrected chi connectivity index (χ4v) is 3.10. The topological polar surface area (TPSA) is 64.1 Å². The van der Waals surface area contributed by atoms with Crippen LogP contribution in [0.15, 0.2) is 60.3 Å². The molecular formula is C23H22IN3O2. The van der Waals surface area contributed by atoms with Crippen LogP contribution < -0.4 is 10.1 Å². The fraction of sp³-hybridized carbons (Fsp3) is 0.174. The number of aromatic nitrogens is 2. The Morgan fingerprint density at radius 3 is 2.41 bits per heavy atom. The number of benzene rings is 2. The van der Waals surface area contributed by atoms with Crippen LogP contribution in [0.3, 0.4) is 0 Å². The number of nitrogens with zero attached hydrogens (tertiary/aromatic N) is 2. The molecule has 0 spiro atoms. The third-order valence-electron chi connectivity index (χ3n) is 4.15. The predicted octanol–water partition coefficient (Wildman–Crippen LogP) is 5.36. The van der Waals surface area contributed by atoms with Crippen molar-refractivity contribution < 1.29 is 9.53 Å². The molecule has 0 saturated carbocycles. The lowest BCUT2D eigenvalue weighted by Crippen LogP contribution is -2.16. The van der Waals surface area contributed by atoms with Gasteiger partial charge in [-0.15, -0.1) is 0 Å². The number of amides is 1. The molecule has 6 heteroatoms. The van der Waals surface area contributed by atoms with Crippen molar-refractivity contribution in [2.45, 2.75) is 20.3 Å². The summed E-state index contributed by atoms with van der Waals surface area (Å²) in [5.74, 6) is 1.12. The number of carbonyl (C=O) groups excluding carboxylic acids is 1. The minimum atomic E-state index is -0.124. The van der Waals surface area contributed by atoms with Crippen molar-refractivity contribution in [2.75, 3.05) is 12.4 Å². The molecule has 0 unspecified atom stereocenters. The first kappa shape index (κ1) is 21.0. The van der Waals surface area contributed by atoms with Crippen LogP contribution in [0.1, 0.15) is 25.1 Å². The van der Waals surface area contributed by atoms with Gasteiger partial charge in [-0.25, -0.2) is 9.97 Å². The van der Waals surface area contributed by atoms with Crippen molar-refractivity contribution in [1.29, 1.82) is 0 Å². The molecule has 0 bridgehead atoms. The average Bonchev–Trinajstić information content (AvgIpc) is 2.71. The standard InChI is InChI=1S/C23H22IN3O2/c1-15(2)12-20-23(27-22(28)13-16-4-8-18(24)9-5-16)25-14-21(26-20)17-6-10-19(29-3)11-7-17/h4-12,14H,13H2,1-3H3,(H,25,27,28). The lowest BCUT2D eigenvalue weighted by molar-refractivity contribution is -0.115. The average molecular weight is 499 g/mol. The molecule has 1 N–H and O–H groups in total. The van der Waals surface area contributed by atoms with E-state index in [2.05, 4.69) is 32.9 Å². The third-order valence-corrected chi connectivity index (χ3v) is 4.87. The minimum Gasteiger partial charge on any atom is -0.497 e. The number of anilines is 1. The fourth-order valence-electron chi connectivity index (χ4n) is 2.74. The van der Waals surface area contributed by atoms with Crippen molar-refractivity contribution >= 4 is 40.4 Å². The Bertz CT molecular complexity index is 1020. The molecule has 0 aliphatic carbocycles. The molecule has 29 heavy (non-hydrogen) atoms. The van der Waals surface area contributed by atoms with Gasteiger partial charge in [0.05, 0.1) is 25.4 Å². The zero-order valence-corrected chi connectivity index (χ0v) is 18.7. The number of rotatable bonds is 6. The maximum Gasteiger partial charge on any atom is 0.230 e. The largest absolute Gasteiger partial charge is 0.497 e. The van der Waals surface area contributed by atoms with E-state index >= 15 is 0 Å². The van der Waals surface area contributed by atoms with Gasteiger partial charge in [-0.3, -0.25) is 4.79 Å². The predicted molar refractivity (Wildman–Crippen MR) is 125 cm³/mol. The van der Waals surface area contributed by atoms with Gasteiger partial charge < -0.3 is 10.1 Å². The Morgan fingerprint density at radius 2 is 1.79 bits per heavy atom. The molecule has 0 fully saturated rings. The lowest BCUT2D eigenvalue weighted by atomic mass is 10.1. The zero-order chi connectivity index (χ0) is 20.8. The normalized spacial score (nSPS) is 10.3. The van der Waals surface area contributed by atoms with Crippen molar-refractivity contribution in [3.8, 4) is 17.0 Å². The van der Waals surface area contributed by atoms with Gasteiger partial charge in [-0.05, 0) is 84.5 Å². The SMILES string of the molecule is COc1ccc(-c2cnc(NC(=O)Cc3ccc(I)cc3)c(C=C(C)C)n2)cc1. The van der Waals surface area contributed by atoms with Gasteiger partial charge in [0.1, 0.15) is 11.4 Å². The Labute approximate surface area is 184 Å². The number of methoxy groups -OCH3 is 1. The molecule has 148 valence electrons. The van der Waals surface area contributed by atoms with E-state index in [1.165, 1.54) is 0 Å². The lowest BCUT2D eigenvalue weighted by Gasteiger charge is -2.10. The monoisotopic (exact) mass is 499 g/mol. The Morgan fingerprint density at radius 1 is 1.10 bits per heavy atom. The zero-order valence-electron chi connectivity index (χ0n) is 16.6. The van der Waals surface area contributed by atoms with E-state index in [4.69, 9.17) is 9.72 Å². The van der Waals surface area contributed by atoms with E-state index in [1.807, 2.05) is 68.5 Å². The number of allylic oxidation sites excluding steroid dienone is 1. The number of carbonyl (C=O) groups is 1. The summed E-state index contributed by atoms with van der Waals surface area (Å²) in [4.78, 5) is 21.7. The Hall–Kier alpha value is -2.74. The smallest absolute Gasteiger partial charge is 0.230 e. The summed E-state index contributed by atoms with van der Waals surface area (Å²) in [6.45, 7) is 3.97. The van der Waals surface area contributed by atoms with Crippen LogP contribution in [0.5, 0.6) is 5.75 Å². The molecule has 3 rings (SSSR count). The molecule has 0 radical (unpaired) electrons. The van der Waals surface area contributed by atoms with Crippen LogP contribution in [0, 0.1) is 3.57 Å². The summed E-state index contributed by atoms with van der Waals surface area (Å²) in [6, 6.07) is 15.5. The second-order valence-electron chi connectivity index (χ2n) is 6.79. The quantitative estimate of drug-likeness (QED) is 0.464. The number of hydrogen-bond acceptors (Lipinski definition) is 4. The van der Waals surface area contributed by atoms with Crippen molar-refractivity contribution in [3.05, 3.63) is 75.1 Å². The summed E-state index contributed by atoms with van der Waals surface area (Å²) in [5, 5.41) is 2.90. The first-order chi connectivity index (χ1) is 13.9. The highest BCUT2D eigenvalue weighted by atomic mass is 127. The van der Waals surface area contributed by atoms with Crippen molar-refractivity contribution in [3.63, 3.8) is 0 Å². The second-order valence-corrected chi connectivity index (χ2v) is 8.04. The number of ether oxygens (including phenoxy) is 1. The van der Waals surface area contributed by atoms with Crippen LogP contribution in [0.25, 0.3) is 17.3 Å². The van der Waals surface area contributed by atoms with E-state index < -0.39 is 0 Å². The van der Waals surface area contributed by atoms with Crippen LogP contribution in [-0.4, -0.2) is 23.0 Å². The molecule has 5 nitrogen and oxygen atoms in total. The number of halogens is 1. The van der Waals surface area contributed by atoms with Crippen LogP contribution in [0.4, 0.5) is 5.82 Å². The third kappa shape index (κ3) is 5.87. The minimum absolute atomic E-state index is 0.124. The number of hydrogen-bond donors (Lipinski definition) is 1. The van der Waals surface area contributed by atoms with E-state index in [-0.39, 0.29) is 12.3 Å². The van der Waals surface area contributed by atoms with Crippen LogP contribution in [0.2, 0.25) is 0 Å². The van der Waals surface area contributed by atoms with Crippen molar-refractivity contribution in [2.24, 2.45) is 0 Å². The highest BCUT2D eigenvalue weighted by Gasteiger charge is 2.12. The molecule has 0 atom stereocenters. The summed E-state index contributed by atoms with van der Waals surface area (Å²) < 4.78 is 6.34. The summed E-state index contributed by atoms with van der Waals surface area (Å²) in [7, 11) is 1.63. The number of nitrogens with one attached hydrogen (secondary N) is 1. The Balaban J connectivity index is 1.84. The first-order valence-electron chi connectivity index (χ1n) is 9.15. The summed E-state index contributed by atoms with van der Waals surface area (Å²) in [6.07, 6.45) is 3.87. The van der Waals surface area contributed by atoms with Gasteiger partial charge in [0.2, 0.25) is 5.91 Å². The highest BCUT2D eigenvalue weighted by molar-refractivity contribution is 14.1. The molecule has 0 aliphatic heterocycles. The van der Waals surface area contributed by atoms with Gasteiger partial charge in [-0.2, -0.15) is 0 Å². The van der Waals surface area contributed by atoms with E-state index in [0.717, 1.165) is 31.7 Å². The van der Waals surface area contributed by atoms with E-state index in [0.29, 0.717) is 11.5 Å². The molecule has 1 amide bonds. The molecule has 1 heterocycles. The van der Waals surface area contributed by atoms with Gasteiger partial charge in [-0.1, -0.05) is 17.7 Å². The van der Waals surface area contributed by atoms with E-state index in [1.54, 1.807) is 13.3 Å². The van der Waals surface area contributed by atoms with Gasteiger partial charge in [0.15, 0.2) is 5.82 Å². The van der Waals surface area contributed by atoms with Gasteiger partial charge in [0, 0.05) is 9.13 Å². The molecule has 2 aromatic carbocycles. The maximum absolute atomic E-state index is 12.5. The first-order valence-corrected chi connectivity index (χ1v) is 10.2. The van der Waals surface area contributed by atoms with Gasteiger partial charge in [0.25, 0.3) is 0 Å². The molecule has 1 aromatic heterocycles. The molecule has 3 aromatic rings. The van der Waals surface area contributed by atoms with Crippen LogP contribution >= 0.6 is 22.6 Å². The highest BCUT2D eigenvalue weighted by Crippen LogP contribution is 2.23. The van der Waals surface area contributed by atoms with Gasteiger partial charge >= 0.3 is 0 Å². The molecule has 0 saturated heterocycles. The molecule has 0 aliphatic rings. The molecular weight excluding hydrogens is 477 g/mol. The summed E-state index contributed by atoms with van der Waals surface area (Å²) >= 11 is 2.24. The maximum atomic E-state index is 12.5. The van der Waals surface area contributed by atoms with Crippen LogP contribution in [-0.2, 0) is 11.2 Å². The Kier molecular flexibility index (Phi) is 6.98.